The van der Waals surface area contributed by atoms with Gasteiger partial charge in [0, 0.05) is 0 Å². The van der Waals surface area contributed by atoms with Gasteiger partial charge in [-0.25, -0.2) is 0 Å². The van der Waals surface area contributed by atoms with Gasteiger partial charge in [0.25, 0.3) is 0 Å². The Bertz CT molecular complexity index is 362. The molecule has 0 fully saturated rings. The molecule has 0 aromatic heterocycles. The predicted molar refractivity (Wildman–Crippen MR) is 71.1 cm³/mol. The molecule has 0 saturated carbocycles. The lowest BCUT2D eigenvalue weighted by Gasteiger charge is -2.06. The highest BCUT2D eigenvalue weighted by atomic mass is 35.5. The van der Waals surface area contributed by atoms with Crippen LogP contribution in [0.1, 0.15) is 36.8 Å². The van der Waals surface area contributed by atoms with Gasteiger partial charge in [0.1, 0.15) is 0 Å². The maximum Gasteiger partial charge on any atom is 0.0518 e. The Balaban J connectivity index is 2.05. The predicted octanol–water partition coefficient (Wildman–Crippen LogP) is 4.65. The third-order valence-corrected chi connectivity index (χ3v) is 3.54. The zero-order valence-corrected chi connectivity index (χ0v) is 10.6. The van der Waals surface area contributed by atoms with Crippen LogP contribution in [0.4, 0.5) is 0 Å². The molecule has 1 aromatic rings. The summed E-state index contributed by atoms with van der Waals surface area (Å²) in [5.41, 5.74) is 4.25. The number of rotatable bonds is 2. The molecule has 0 radical (unpaired) electrons. The molecule has 1 unspecified atom stereocenters. The summed E-state index contributed by atoms with van der Waals surface area (Å²) in [6.45, 7) is 2.13. The van der Waals surface area contributed by atoms with Crippen molar-refractivity contribution in [3.63, 3.8) is 0 Å². The van der Waals surface area contributed by atoms with Crippen molar-refractivity contribution in [3.8, 4) is 0 Å². The van der Waals surface area contributed by atoms with E-state index in [9.17, 15) is 0 Å². The van der Waals surface area contributed by atoms with Gasteiger partial charge in [-0.05, 0) is 38.2 Å². The fraction of sp³-hybridized carbons (Fsp3) is 0.467. The molecule has 0 aliphatic heterocycles. The molecule has 0 nitrogen and oxygen atoms in total. The minimum absolute atomic E-state index is 0.253. The highest BCUT2D eigenvalue weighted by molar-refractivity contribution is 6.21. The normalized spacial score (nSPS) is 21.4. The van der Waals surface area contributed by atoms with E-state index in [0.29, 0.717) is 0 Å². The summed E-state index contributed by atoms with van der Waals surface area (Å²) >= 11 is 6.23. The average molecular weight is 235 g/mol. The van der Waals surface area contributed by atoms with Crippen LogP contribution in [-0.2, 0) is 6.42 Å². The van der Waals surface area contributed by atoms with Crippen molar-refractivity contribution in [2.45, 2.75) is 44.4 Å². The molecule has 1 atom stereocenters. The van der Waals surface area contributed by atoms with Crippen LogP contribution in [0, 0.1) is 6.92 Å². The highest BCUT2D eigenvalue weighted by Gasteiger charge is 2.09. The van der Waals surface area contributed by atoms with Crippen LogP contribution < -0.4 is 0 Å². The Labute approximate surface area is 103 Å². The van der Waals surface area contributed by atoms with Crippen molar-refractivity contribution in [1.29, 1.82) is 0 Å². The highest BCUT2D eigenvalue weighted by Crippen LogP contribution is 2.23. The molecule has 0 N–H and O–H groups in total. The van der Waals surface area contributed by atoms with E-state index in [4.69, 9.17) is 11.6 Å². The lowest BCUT2D eigenvalue weighted by molar-refractivity contribution is 0.710. The molecule has 0 bridgehead atoms. The third kappa shape index (κ3) is 3.38. The quantitative estimate of drug-likeness (QED) is 0.516. The Morgan fingerprint density at radius 1 is 1.19 bits per heavy atom. The number of hydrogen-bond donors (Lipinski definition) is 0. The maximum absolute atomic E-state index is 6.23. The van der Waals surface area contributed by atoms with Gasteiger partial charge in [0.2, 0.25) is 0 Å². The van der Waals surface area contributed by atoms with Crippen LogP contribution >= 0.6 is 11.6 Å². The van der Waals surface area contributed by atoms with Gasteiger partial charge >= 0.3 is 0 Å². The van der Waals surface area contributed by atoms with Crippen molar-refractivity contribution in [3.05, 3.63) is 47.0 Å². The van der Waals surface area contributed by atoms with Crippen LogP contribution in [0.25, 0.3) is 0 Å². The number of alkyl halides is 1. The first-order chi connectivity index (χ1) is 7.74. The van der Waals surface area contributed by atoms with Crippen molar-refractivity contribution in [2.75, 3.05) is 0 Å². The largest absolute Gasteiger partial charge is 0.118 e. The van der Waals surface area contributed by atoms with Crippen LogP contribution in [-0.4, -0.2) is 5.38 Å². The van der Waals surface area contributed by atoms with Gasteiger partial charge in [-0.2, -0.15) is 0 Å². The fourth-order valence-corrected chi connectivity index (χ4v) is 2.56. The molecule has 86 valence electrons. The topological polar surface area (TPSA) is 0 Å². The van der Waals surface area contributed by atoms with Gasteiger partial charge in [0.05, 0.1) is 5.38 Å². The third-order valence-electron chi connectivity index (χ3n) is 3.20. The first kappa shape index (κ1) is 11.7. The molecule has 0 saturated heterocycles. The number of hydrogen-bond acceptors (Lipinski definition) is 0. The van der Waals surface area contributed by atoms with Crippen molar-refractivity contribution in [2.24, 2.45) is 0 Å². The Morgan fingerprint density at radius 3 is 2.69 bits per heavy atom. The van der Waals surface area contributed by atoms with Crippen molar-refractivity contribution < 1.29 is 0 Å². The van der Waals surface area contributed by atoms with Crippen LogP contribution in [0.15, 0.2) is 35.9 Å². The van der Waals surface area contributed by atoms with E-state index in [0.717, 1.165) is 12.8 Å². The standard InChI is InChI=1S/C15H19Cl/c1-12-6-8-13(9-7-12)10-14-4-2-3-5-15(16)11-14/h6-9,11,15H,2-5,10H2,1H3. The summed E-state index contributed by atoms with van der Waals surface area (Å²) in [6, 6.07) is 8.82. The molecule has 1 aliphatic carbocycles. The number of aryl methyl sites for hydroxylation is 1. The second-order valence-corrected chi connectivity index (χ2v) is 5.31. The van der Waals surface area contributed by atoms with E-state index in [-0.39, 0.29) is 5.38 Å². The summed E-state index contributed by atoms with van der Waals surface area (Å²) in [4.78, 5) is 0. The number of benzene rings is 1. The zero-order valence-electron chi connectivity index (χ0n) is 9.88. The Kier molecular flexibility index (Phi) is 4.06. The SMILES string of the molecule is Cc1ccc(CC2=CC(Cl)CCCC2)cc1. The van der Waals surface area contributed by atoms with Gasteiger partial charge in [-0.15, -0.1) is 11.6 Å². The molecular formula is C15H19Cl. The molecular weight excluding hydrogens is 216 g/mol. The van der Waals surface area contributed by atoms with E-state index >= 15 is 0 Å². The molecule has 0 spiro atoms. The van der Waals surface area contributed by atoms with E-state index in [1.165, 1.54) is 36.0 Å². The summed E-state index contributed by atoms with van der Waals surface area (Å²) in [5.74, 6) is 0. The van der Waals surface area contributed by atoms with Gasteiger partial charge in [-0.1, -0.05) is 47.9 Å². The minimum Gasteiger partial charge on any atom is -0.118 e. The lowest BCUT2D eigenvalue weighted by atomic mass is 10.0. The molecule has 0 amide bonds. The second kappa shape index (κ2) is 5.54. The van der Waals surface area contributed by atoms with Crippen molar-refractivity contribution in [1.82, 2.24) is 0 Å². The monoisotopic (exact) mass is 234 g/mol. The summed E-state index contributed by atoms with van der Waals surface area (Å²) in [5, 5.41) is 0.253. The van der Waals surface area contributed by atoms with Crippen LogP contribution in [0.2, 0.25) is 0 Å². The van der Waals surface area contributed by atoms with E-state index in [2.05, 4.69) is 37.3 Å². The summed E-state index contributed by atoms with van der Waals surface area (Å²) in [7, 11) is 0. The molecule has 0 heterocycles. The number of halogens is 1. The van der Waals surface area contributed by atoms with Gasteiger partial charge < -0.3 is 0 Å². The van der Waals surface area contributed by atoms with Gasteiger partial charge in [0.15, 0.2) is 0 Å². The minimum atomic E-state index is 0.253. The summed E-state index contributed by atoms with van der Waals surface area (Å²) < 4.78 is 0. The molecule has 1 aliphatic rings. The zero-order chi connectivity index (χ0) is 11.4. The van der Waals surface area contributed by atoms with Crippen LogP contribution in [0.3, 0.4) is 0 Å². The molecule has 16 heavy (non-hydrogen) atoms. The van der Waals surface area contributed by atoms with E-state index in [1.54, 1.807) is 0 Å². The van der Waals surface area contributed by atoms with Crippen LogP contribution in [0.5, 0.6) is 0 Å². The number of allylic oxidation sites excluding steroid dienone is 2. The van der Waals surface area contributed by atoms with E-state index in [1.807, 2.05) is 0 Å². The second-order valence-electron chi connectivity index (χ2n) is 4.75. The fourth-order valence-electron chi connectivity index (χ4n) is 2.23. The smallest absolute Gasteiger partial charge is 0.0518 e. The molecule has 1 heteroatoms. The first-order valence-corrected chi connectivity index (χ1v) is 6.57. The Hall–Kier alpha value is -0.750. The average Bonchev–Trinajstić information content (AvgIpc) is 2.46. The maximum atomic E-state index is 6.23. The lowest BCUT2D eigenvalue weighted by Crippen LogP contribution is -1.94. The first-order valence-electron chi connectivity index (χ1n) is 6.13. The van der Waals surface area contributed by atoms with Gasteiger partial charge in [-0.3, -0.25) is 0 Å². The summed E-state index contributed by atoms with van der Waals surface area (Å²) in [6.07, 6.45) is 8.26. The van der Waals surface area contributed by atoms with E-state index < -0.39 is 0 Å². The molecule has 1 aromatic carbocycles. The molecule has 2 rings (SSSR count). The van der Waals surface area contributed by atoms with Crippen molar-refractivity contribution >= 4 is 11.6 Å². The Morgan fingerprint density at radius 2 is 1.94 bits per heavy atom.